The second-order valence-electron chi connectivity index (χ2n) is 4.73. The lowest BCUT2D eigenvalue weighted by Crippen LogP contribution is -2.39. The van der Waals surface area contributed by atoms with Crippen molar-refractivity contribution >= 4 is 11.7 Å². The van der Waals surface area contributed by atoms with Gasteiger partial charge in [0, 0.05) is 20.6 Å². The SMILES string of the molecule is CNc1ccc(C(=O)N(C)CC2CC(O)C2)nn1. The van der Waals surface area contributed by atoms with Gasteiger partial charge in [-0.05, 0) is 30.9 Å². The van der Waals surface area contributed by atoms with Crippen LogP contribution in [0.15, 0.2) is 12.1 Å². The number of hydrogen-bond acceptors (Lipinski definition) is 5. The first kappa shape index (κ1) is 12.8. The summed E-state index contributed by atoms with van der Waals surface area (Å²) < 4.78 is 0. The van der Waals surface area contributed by atoms with Gasteiger partial charge in [0.2, 0.25) is 0 Å². The normalized spacial score (nSPS) is 22.2. The van der Waals surface area contributed by atoms with Crippen LogP contribution >= 0.6 is 0 Å². The largest absolute Gasteiger partial charge is 0.393 e. The molecule has 0 unspecified atom stereocenters. The molecule has 0 aromatic carbocycles. The molecule has 18 heavy (non-hydrogen) atoms. The zero-order chi connectivity index (χ0) is 13.1. The lowest BCUT2D eigenvalue weighted by molar-refractivity contribution is 0.0263. The first-order valence-electron chi connectivity index (χ1n) is 6.05. The number of hydrogen-bond donors (Lipinski definition) is 2. The number of carbonyl (C=O) groups excluding carboxylic acids is 1. The van der Waals surface area contributed by atoms with Crippen LogP contribution in [0.1, 0.15) is 23.3 Å². The van der Waals surface area contributed by atoms with Crippen LogP contribution in [0.25, 0.3) is 0 Å². The number of aromatic nitrogens is 2. The van der Waals surface area contributed by atoms with Crippen molar-refractivity contribution in [2.45, 2.75) is 18.9 Å². The fourth-order valence-electron chi connectivity index (χ4n) is 2.10. The smallest absolute Gasteiger partial charge is 0.274 e. The lowest BCUT2D eigenvalue weighted by atomic mass is 9.82. The van der Waals surface area contributed by atoms with E-state index in [0.717, 1.165) is 12.8 Å². The van der Waals surface area contributed by atoms with Crippen LogP contribution < -0.4 is 5.32 Å². The Bertz CT molecular complexity index is 415. The Labute approximate surface area is 106 Å². The molecule has 98 valence electrons. The summed E-state index contributed by atoms with van der Waals surface area (Å²) in [6.45, 7) is 0.658. The third-order valence-corrected chi connectivity index (χ3v) is 3.23. The summed E-state index contributed by atoms with van der Waals surface area (Å²) in [5.41, 5.74) is 0.344. The van der Waals surface area contributed by atoms with E-state index < -0.39 is 0 Å². The van der Waals surface area contributed by atoms with E-state index in [9.17, 15) is 9.90 Å². The van der Waals surface area contributed by atoms with Gasteiger partial charge in [-0.15, -0.1) is 10.2 Å². The van der Waals surface area contributed by atoms with E-state index in [1.807, 2.05) is 0 Å². The highest BCUT2D eigenvalue weighted by Gasteiger charge is 2.29. The Morgan fingerprint density at radius 1 is 1.50 bits per heavy atom. The predicted octanol–water partition coefficient (Wildman–Crippen LogP) is 0.361. The van der Waals surface area contributed by atoms with Crippen molar-refractivity contribution in [3.63, 3.8) is 0 Å². The third kappa shape index (κ3) is 2.76. The number of nitrogens with one attached hydrogen (secondary N) is 1. The molecule has 1 amide bonds. The van der Waals surface area contributed by atoms with Crippen molar-refractivity contribution < 1.29 is 9.90 Å². The zero-order valence-electron chi connectivity index (χ0n) is 10.6. The molecule has 1 aliphatic carbocycles. The summed E-state index contributed by atoms with van der Waals surface area (Å²) in [7, 11) is 3.50. The van der Waals surface area contributed by atoms with Crippen molar-refractivity contribution in [1.29, 1.82) is 0 Å². The number of amides is 1. The summed E-state index contributed by atoms with van der Waals surface area (Å²) in [6, 6.07) is 3.38. The summed E-state index contributed by atoms with van der Waals surface area (Å²) in [4.78, 5) is 13.7. The minimum Gasteiger partial charge on any atom is -0.393 e. The van der Waals surface area contributed by atoms with Crippen LogP contribution in [0.4, 0.5) is 5.82 Å². The monoisotopic (exact) mass is 250 g/mol. The van der Waals surface area contributed by atoms with Gasteiger partial charge in [-0.3, -0.25) is 4.79 Å². The van der Waals surface area contributed by atoms with Gasteiger partial charge in [0.1, 0.15) is 5.82 Å². The lowest BCUT2D eigenvalue weighted by Gasteiger charge is -2.34. The van der Waals surface area contributed by atoms with Crippen LogP contribution in [0.2, 0.25) is 0 Å². The first-order chi connectivity index (χ1) is 8.60. The van der Waals surface area contributed by atoms with Gasteiger partial charge in [-0.2, -0.15) is 0 Å². The van der Waals surface area contributed by atoms with Gasteiger partial charge in [0.25, 0.3) is 5.91 Å². The van der Waals surface area contributed by atoms with Crippen LogP contribution in [0.5, 0.6) is 0 Å². The minimum absolute atomic E-state index is 0.133. The number of anilines is 1. The molecule has 0 spiro atoms. The summed E-state index contributed by atoms with van der Waals surface area (Å²) in [5.74, 6) is 0.904. The first-order valence-corrected chi connectivity index (χ1v) is 6.05. The van der Waals surface area contributed by atoms with Crippen molar-refractivity contribution in [3.8, 4) is 0 Å². The molecule has 0 radical (unpaired) electrons. The van der Waals surface area contributed by atoms with E-state index >= 15 is 0 Å². The van der Waals surface area contributed by atoms with Crippen LogP contribution in [0, 0.1) is 5.92 Å². The summed E-state index contributed by atoms with van der Waals surface area (Å²) >= 11 is 0. The Kier molecular flexibility index (Phi) is 3.76. The number of aliphatic hydroxyl groups excluding tert-OH is 1. The molecule has 6 nitrogen and oxygen atoms in total. The van der Waals surface area contributed by atoms with Gasteiger partial charge in [-0.25, -0.2) is 0 Å². The molecule has 1 aliphatic rings. The average Bonchev–Trinajstić information content (AvgIpc) is 2.36. The fraction of sp³-hybridized carbons (Fsp3) is 0.583. The highest BCUT2D eigenvalue weighted by Crippen LogP contribution is 2.27. The minimum atomic E-state index is -0.187. The maximum absolute atomic E-state index is 12.0. The van der Waals surface area contributed by atoms with Crippen molar-refractivity contribution in [3.05, 3.63) is 17.8 Å². The van der Waals surface area contributed by atoms with E-state index in [-0.39, 0.29) is 12.0 Å². The highest BCUT2D eigenvalue weighted by molar-refractivity contribution is 5.92. The third-order valence-electron chi connectivity index (χ3n) is 3.23. The maximum atomic E-state index is 12.0. The number of rotatable bonds is 4. The molecule has 6 heteroatoms. The molecule has 0 aliphatic heterocycles. The van der Waals surface area contributed by atoms with Gasteiger partial charge < -0.3 is 15.3 Å². The Hall–Kier alpha value is -1.69. The van der Waals surface area contributed by atoms with Crippen molar-refractivity contribution in [2.75, 3.05) is 26.0 Å². The molecule has 1 aromatic rings. The number of aliphatic hydroxyl groups is 1. The molecule has 1 aromatic heterocycles. The van der Waals surface area contributed by atoms with Crippen LogP contribution in [0.3, 0.4) is 0 Å². The van der Waals surface area contributed by atoms with Gasteiger partial charge in [0.15, 0.2) is 5.69 Å². The quantitative estimate of drug-likeness (QED) is 0.806. The van der Waals surface area contributed by atoms with E-state index in [1.165, 1.54) is 0 Å². The molecular weight excluding hydrogens is 232 g/mol. The van der Waals surface area contributed by atoms with E-state index in [2.05, 4.69) is 15.5 Å². The number of carbonyl (C=O) groups is 1. The molecule has 1 heterocycles. The molecule has 2 rings (SSSR count). The van der Waals surface area contributed by atoms with E-state index in [4.69, 9.17) is 0 Å². The Morgan fingerprint density at radius 2 is 2.22 bits per heavy atom. The van der Waals surface area contributed by atoms with E-state index in [0.29, 0.717) is 24.0 Å². The second kappa shape index (κ2) is 5.30. The van der Waals surface area contributed by atoms with Crippen molar-refractivity contribution in [1.82, 2.24) is 15.1 Å². The van der Waals surface area contributed by atoms with Gasteiger partial charge in [0.05, 0.1) is 6.10 Å². The van der Waals surface area contributed by atoms with Crippen LogP contribution in [-0.4, -0.2) is 52.9 Å². The topological polar surface area (TPSA) is 78.4 Å². The summed E-state index contributed by atoms with van der Waals surface area (Å²) in [5, 5.41) is 19.8. The molecule has 0 bridgehead atoms. The molecule has 0 saturated heterocycles. The second-order valence-corrected chi connectivity index (χ2v) is 4.73. The summed E-state index contributed by atoms with van der Waals surface area (Å²) in [6.07, 6.45) is 1.37. The van der Waals surface area contributed by atoms with Gasteiger partial charge >= 0.3 is 0 Å². The maximum Gasteiger partial charge on any atom is 0.274 e. The average molecular weight is 250 g/mol. The van der Waals surface area contributed by atoms with Crippen LogP contribution in [-0.2, 0) is 0 Å². The standard InChI is InChI=1S/C12H18N4O2/c1-13-11-4-3-10(14-15-11)12(18)16(2)7-8-5-9(17)6-8/h3-4,8-9,17H,5-7H2,1-2H3,(H,13,15). The Balaban J connectivity index is 1.92. The van der Waals surface area contributed by atoms with Gasteiger partial charge in [-0.1, -0.05) is 0 Å². The molecule has 1 saturated carbocycles. The zero-order valence-corrected chi connectivity index (χ0v) is 10.6. The molecule has 0 atom stereocenters. The number of nitrogens with zero attached hydrogens (tertiary/aromatic N) is 3. The predicted molar refractivity (Wildman–Crippen MR) is 67.3 cm³/mol. The molecule has 2 N–H and O–H groups in total. The molecular formula is C12H18N4O2. The molecule has 1 fully saturated rings. The van der Waals surface area contributed by atoms with E-state index in [1.54, 1.807) is 31.1 Å². The van der Waals surface area contributed by atoms with Crippen molar-refractivity contribution in [2.24, 2.45) is 5.92 Å². The fourth-order valence-corrected chi connectivity index (χ4v) is 2.10. The Morgan fingerprint density at radius 3 is 2.72 bits per heavy atom. The highest BCUT2D eigenvalue weighted by atomic mass is 16.3.